The van der Waals surface area contributed by atoms with Gasteiger partial charge in [0.25, 0.3) is 5.91 Å². The van der Waals surface area contributed by atoms with Crippen LogP contribution in [0, 0.1) is 24.0 Å². The second kappa shape index (κ2) is 5.56. The van der Waals surface area contributed by atoms with Gasteiger partial charge >= 0.3 is 5.69 Å². The zero-order valence-electron chi connectivity index (χ0n) is 12.6. The lowest BCUT2D eigenvalue weighted by Gasteiger charge is -2.04. The highest BCUT2D eigenvalue weighted by molar-refractivity contribution is 5.96. The van der Waals surface area contributed by atoms with Crippen molar-refractivity contribution in [3.63, 3.8) is 0 Å². The van der Waals surface area contributed by atoms with Crippen LogP contribution in [0.5, 0.6) is 0 Å². The molecule has 2 aromatic heterocycles. The van der Waals surface area contributed by atoms with Crippen LogP contribution in [0.3, 0.4) is 0 Å². The molecule has 0 aliphatic heterocycles. The first-order valence-corrected chi connectivity index (χ1v) is 7.01. The largest absolute Gasteiger partial charge is 0.358 e. The number of rotatable bonds is 4. The summed E-state index contributed by atoms with van der Waals surface area (Å²) in [5.74, 6) is -0.559. The number of carbonyl (C=O) groups excluding carboxylic acids is 1. The van der Waals surface area contributed by atoms with Crippen LogP contribution in [0.15, 0.2) is 24.4 Å². The number of amides is 1. The Kier molecular flexibility index (Phi) is 3.57. The minimum Gasteiger partial charge on any atom is -0.358 e. The van der Waals surface area contributed by atoms with E-state index in [1.807, 2.05) is 32.0 Å². The molecule has 3 N–H and O–H groups in total. The molecule has 2 heterocycles. The third kappa shape index (κ3) is 2.66. The molecule has 23 heavy (non-hydrogen) atoms. The maximum atomic E-state index is 12.0. The summed E-state index contributed by atoms with van der Waals surface area (Å²) in [5.41, 5.74) is 3.74. The van der Waals surface area contributed by atoms with Crippen molar-refractivity contribution in [2.45, 2.75) is 20.4 Å². The zero-order chi connectivity index (χ0) is 16.6. The average molecular weight is 313 g/mol. The molecule has 8 heteroatoms. The summed E-state index contributed by atoms with van der Waals surface area (Å²) in [4.78, 5) is 25.5. The van der Waals surface area contributed by atoms with Gasteiger partial charge in [-0.05, 0) is 37.1 Å². The first kappa shape index (κ1) is 14.8. The van der Waals surface area contributed by atoms with E-state index in [4.69, 9.17) is 0 Å². The highest BCUT2D eigenvalue weighted by Crippen LogP contribution is 2.22. The number of hydrogen-bond acceptors (Lipinski definition) is 4. The Bertz CT molecular complexity index is 909. The molecule has 0 atom stereocenters. The second-order valence-electron chi connectivity index (χ2n) is 5.32. The Hall–Kier alpha value is -3.16. The number of aromatic amines is 2. The van der Waals surface area contributed by atoms with Crippen molar-refractivity contribution in [2.75, 3.05) is 0 Å². The molecular weight excluding hydrogens is 298 g/mol. The number of hydrogen-bond donors (Lipinski definition) is 3. The fourth-order valence-electron chi connectivity index (χ4n) is 2.47. The Morgan fingerprint density at radius 3 is 2.91 bits per heavy atom. The van der Waals surface area contributed by atoms with E-state index < -0.39 is 10.8 Å². The first-order chi connectivity index (χ1) is 11.0. The summed E-state index contributed by atoms with van der Waals surface area (Å²) >= 11 is 0. The second-order valence-corrected chi connectivity index (χ2v) is 5.32. The third-order valence-electron chi connectivity index (χ3n) is 3.87. The van der Waals surface area contributed by atoms with Crippen LogP contribution in [-0.4, -0.2) is 26.0 Å². The highest BCUT2D eigenvalue weighted by atomic mass is 16.6. The summed E-state index contributed by atoms with van der Waals surface area (Å²) < 4.78 is 0. The number of H-pyrrole nitrogens is 2. The molecule has 0 fully saturated rings. The lowest BCUT2D eigenvalue weighted by atomic mass is 10.1. The number of carbonyl (C=O) groups is 1. The number of nitrogens with zero attached hydrogens (tertiary/aromatic N) is 2. The maximum Gasteiger partial charge on any atom is 0.319 e. The molecule has 3 rings (SSSR count). The van der Waals surface area contributed by atoms with Crippen molar-refractivity contribution in [1.29, 1.82) is 0 Å². The molecule has 0 aliphatic rings. The van der Waals surface area contributed by atoms with E-state index in [0.717, 1.165) is 33.9 Å². The van der Waals surface area contributed by atoms with Crippen LogP contribution >= 0.6 is 0 Å². The maximum absolute atomic E-state index is 12.0. The first-order valence-electron chi connectivity index (χ1n) is 7.01. The number of aryl methyl sites for hydroxylation is 2. The van der Waals surface area contributed by atoms with Crippen molar-refractivity contribution in [1.82, 2.24) is 20.5 Å². The number of fused-ring (bicyclic) bond motifs is 1. The quantitative estimate of drug-likeness (QED) is 0.506. The van der Waals surface area contributed by atoms with Gasteiger partial charge in [0.2, 0.25) is 5.69 Å². The lowest BCUT2D eigenvalue weighted by Crippen LogP contribution is -2.24. The van der Waals surface area contributed by atoms with E-state index in [2.05, 4.69) is 20.5 Å². The van der Waals surface area contributed by atoms with Gasteiger partial charge in [0.15, 0.2) is 0 Å². The fourth-order valence-corrected chi connectivity index (χ4v) is 2.47. The average Bonchev–Trinajstić information content (AvgIpc) is 3.11. The summed E-state index contributed by atoms with van der Waals surface area (Å²) in [5, 5.41) is 20.5. The van der Waals surface area contributed by atoms with E-state index in [9.17, 15) is 14.9 Å². The monoisotopic (exact) mass is 313 g/mol. The van der Waals surface area contributed by atoms with Crippen LogP contribution in [0.2, 0.25) is 0 Å². The Labute approximate surface area is 131 Å². The predicted molar refractivity (Wildman–Crippen MR) is 84.2 cm³/mol. The van der Waals surface area contributed by atoms with Gasteiger partial charge in [0, 0.05) is 23.1 Å². The molecular formula is C15H15N5O3. The number of nitro groups is 1. The number of nitrogens with one attached hydrogen (secondary N) is 3. The fraction of sp³-hybridized carbons (Fsp3) is 0.200. The van der Waals surface area contributed by atoms with Gasteiger partial charge in [-0.25, -0.2) is 0 Å². The van der Waals surface area contributed by atoms with Crippen LogP contribution in [0.25, 0.3) is 10.9 Å². The van der Waals surface area contributed by atoms with Gasteiger partial charge in [0.05, 0.1) is 4.92 Å². The number of aromatic nitrogens is 3. The minimum absolute atomic E-state index is 0.148. The summed E-state index contributed by atoms with van der Waals surface area (Å²) in [6.07, 6.45) is 1.02. The SMILES string of the molecule is Cc1[nH]c2ccc(CNC(=O)c3[nH]ncc3[N+](=O)[O-])cc2c1C. The van der Waals surface area contributed by atoms with Crippen LogP contribution in [-0.2, 0) is 6.54 Å². The zero-order valence-corrected chi connectivity index (χ0v) is 12.6. The predicted octanol–water partition coefficient (Wildman–Crippen LogP) is 2.35. The molecule has 0 aliphatic carbocycles. The molecule has 0 spiro atoms. The number of benzene rings is 1. The van der Waals surface area contributed by atoms with E-state index in [0.29, 0.717) is 0 Å². The molecule has 8 nitrogen and oxygen atoms in total. The molecule has 118 valence electrons. The molecule has 0 saturated carbocycles. The van der Waals surface area contributed by atoms with Gasteiger partial charge in [-0.15, -0.1) is 0 Å². The van der Waals surface area contributed by atoms with Crippen molar-refractivity contribution < 1.29 is 9.72 Å². The molecule has 0 unspecified atom stereocenters. The standard InChI is InChI=1S/C15H15N5O3/c1-8-9(2)18-12-4-3-10(5-11(8)12)6-16-15(21)14-13(20(22)23)7-17-19-14/h3-5,7,18H,6H2,1-2H3,(H,16,21)(H,17,19). The van der Waals surface area contributed by atoms with Crippen molar-refractivity contribution in [3.05, 3.63) is 57.0 Å². The van der Waals surface area contributed by atoms with E-state index >= 15 is 0 Å². The normalized spacial score (nSPS) is 10.9. The van der Waals surface area contributed by atoms with Gasteiger partial charge in [-0.3, -0.25) is 20.0 Å². The summed E-state index contributed by atoms with van der Waals surface area (Å²) in [7, 11) is 0. The summed E-state index contributed by atoms with van der Waals surface area (Å²) in [6.45, 7) is 4.31. The van der Waals surface area contributed by atoms with Crippen molar-refractivity contribution in [3.8, 4) is 0 Å². The lowest BCUT2D eigenvalue weighted by molar-refractivity contribution is -0.385. The third-order valence-corrected chi connectivity index (χ3v) is 3.87. The van der Waals surface area contributed by atoms with Crippen molar-refractivity contribution >= 4 is 22.5 Å². The van der Waals surface area contributed by atoms with E-state index in [1.165, 1.54) is 0 Å². The Morgan fingerprint density at radius 2 is 2.17 bits per heavy atom. The van der Waals surface area contributed by atoms with Gasteiger partial charge in [-0.2, -0.15) is 5.10 Å². The smallest absolute Gasteiger partial charge is 0.319 e. The van der Waals surface area contributed by atoms with Crippen LogP contribution in [0.4, 0.5) is 5.69 Å². The minimum atomic E-state index is -0.642. The Balaban J connectivity index is 1.77. The van der Waals surface area contributed by atoms with Gasteiger partial charge in [-0.1, -0.05) is 6.07 Å². The van der Waals surface area contributed by atoms with Gasteiger partial charge < -0.3 is 10.3 Å². The Morgan fingerprint density at radius 1 is 1.39 bits per heavy atom. The van der Waals surface area contributed by atoms with Crippen LogP contribution in [0.1, 0.15) is 27.3 Å². The van der Waals surface area contributed by atoms with Crippen LogP contribution < -0.4 is 5.32 Å². The molecule has 0 radical (unpaired) electrons. The molecule has 0 saturated heterocycles. The molecule has 1 amide bonds. The van der Waals surface area contributed by atoms with Crippen molar-refractivity contribution in [2.24, 2.45) is 0 Å². The molecule has 0 bridgehead atoms. The van der Waals surface area contributed by atoms with Gasteiger partial charge in [0.1, 0.15) is 6.20 Å². The topological polar surface area (TPSA) is 117 Å². The highest BCUT2D eigenvalue weighted by Gasteiger charge is 2.22. The van der Waals surface area contributed by atoms with E-state index in [1.54, 1.807) is 0 Å². The molecule has 1 aromatic carbocycles. The van der Waals surface area contributed by atoms with E-state index in [-0.39, 0.29) is 17.9 Å². The summed E-state index contributed by atoms with van der Waals surface area (Å²) in [6, 6.07) is 5.85. The molecule has 3 aromatic rings.